The van der Waals surface area contributed by atoms with Crippen LogP contribution >= 0.6 is 23.2 Å². The van der Waals surface area contributed by atoms with Crippen LogP contribution in [0.25, 0.3) is 0 Å². The van der Waals surface area contributed by atoms with Crippen LogP contribution in [-0.4, -0.2) is 16.6 Å². The van der Waals surface area contributed by atoms with Crippen molar-refractivity contribution in [2.75, 3.05) is 0 Å². The Morgan fingerprint density at radius 2 is 2.11 bits per heavy atom. The van der Waals surface area contributed by atoms with Crippen LogP contribution in [0.4, 0.5) is 0 Å². The maximum Gasteiger partial charge on any atom is 0.287 e. The van der Waals surface area contributed by atoms with Crippen LogP contribution in [0.3, 0.4) is 0 Å². The van der Waals surface area contributed by atoms with E-state index in [0.717, 1.165) is 5.56 Å². The molecule has 0 saturated heterocycles. The average Bonchev–Trinajstić information content (AvgIpc) is 2.89. The molecular weight excluding hydrogens is 285 g/mol. The Bertz CT molecular complexity index is 621. The molecule has 98 valence electrons. The zero-order chi connectivity index (χ0) is 13.8. The molecule has 2 N–H and O–H groups in total. The summed E-state index contributed by atoms with van der Waals surface area (Å²) in [7, 11) is 0. The number of halogens is 2. The first-order valence-electron chi connectivity index (χ1n) is 5.51. The summed E-state index contributed by atoms with van der Waals surface area (Å²) < 4.78 is 0. The van der Waals surface area contributed by atoms with Gasteiger partial charge >= 0.3 is 0 Å². The van der Waals surface area contributed by atoms with E-state index in [9.17, 15) is 4.79 Å². The number of nitrogens with one attached hydrogen (secondary N) is 2. The molecule has 0 radical (unpaired) electrons. The lowest BCUT2D eigenvalue weighted by atomic mass is 10.1. The number of aromatic amines is 1. The molecule has 2 aromatic rings. The zero-order valence-corrected chi connectivity index (χ0v) is 11.6. The SMILES string of the molecule is C/C(=N/NC(=O)c1ccc[nH]1)c1ccc(Cl)cc1Cl. The van der Waals surface area contributed by atoms with E-state index in [1.807, 2.05) is 0 Å². The van der Waals surface area contributed by atoms with Gasteiger partial charge in [0, 0.05) is 16.8 Å². The third-order valence-electron chi connectivity index (χ3n) is 2.49. The van der Waals surface area contributed by atoms with Crippen molar-refractivity contribution in [3.05, 3.63) is 57.8 Å². The molecule has 1 aromatic heterocycles. The number of rotatable bonds is 3. The summed E-state index contributed by atoms with van der Waals surface area (Å²) in [6.07, 6.45) is 1.67. The molecule has 1 heterocycles. The maximum atomic E-state index is 11.7. The van der Waals surface area contributed by atoms with Gasteiger partial charge in [0.05, 0.1) is 10.7 Å². The number of hydrazone groups is 1. The smallest absolute Gasteiger partial charge is 0.287 e. The third kappa shape index (κ3) is 3.36. The van der Waals surface area contributed by atoms with Gasteiger partial charge in [0.25, 0.3) is 5.91 Å². The van der Waals surface area contributed by atoms with Crippen molar-refractivity contribution in [1.82, 2.24) is 10.4 Å². The molecule has 0 spiro atoms. The molecule has 4 nitrogen and oxygen atoms in total. The van der Waals surface area contributed by atoms with Gasteiger partial charge in [-0.2, -0.15) is 5.10 Å². The van der Waals surface area contributed by atoms with Crippen LogP contribution in [0.5, 0.6) is 0 Å². The number of amides is 1. The number of carbonyl (C=O) groups excluding carboxylic acids is 1. The van der Waals surface area contributed by atoms with E-state index in [-0.39, 0.29) is 5.91 Å². The number of hydrogen-bond acceptors (Lipinski definition) is 2. The molecule has 0 bridgehead atoms. The van der Waals surface area contributed by atoms with Gasteiger partial charge in [0.1, 0.15) is 5.69 Å². The van der Waals surface area contributed by atoms with Gasteiger partial charge in [-0.25, -0.2) is 5.43 Å². The number of aromatic nitrogens is 1. The highest BCUT2D eigenvalue weighted by Crippen LogP contribution is 2.21. The van der Waals surface area contributed by atoms with Crippen LogP contribution in [0, 0.1) is 0 Å². The third-order valence-corrected chi connectivity index (χ3v) is 3.04. The highest BCUT2D eigenvalue weighted by molar-refractivity contribution is 6.37. The zero-order valence-electron chi connectivity index (χ0n) is 10.1. The molecule has 0 saturated carbocycles. The molecule has 0 aliphatic heterocycles. The van der Waals surface area contributed by atoms with Gasteiger partial charge in [-0.05, 0) is 31.2 Å². The monoisotopic (exact) mass is 295 g/mol. The van der Waals surface area contributed by atoms with Crippen molar-refractivity contribution < 1.29 is 4.79 Å². The fraction of sp³-hybridized carbons (Fsp3) is 0.0769. The first-order valence-corrected chi connectivity index (χ1v) is 6.27. The second-order valence-corrected chi connectivity index (χ2v) is 4.69. The van der Waals surface area contributed by atoms with Crippen molar-refractivity contribution >= 4 is 34.8 Å². The molecule has 1 amide bonds. The van der Waals surface area contributed by atoms with Gasteiger partial charge in [-0.15, -0.1) is 0 Å². The van der Waals surface area contributed by atoms with Crippen molar-refractivity contribution in [2.24, 2.45) is 5.10 Å². The molecule has 0 unspecified atom stereocenters. The Kier molecular flexibility index (Phi) is 4.24. The molecule has 0 aliphatic rings. The minimum Gasteiger partial charge on any atom is -0.357 e. The molecule has 19 heavy (non-hydrogen) atoms. The Morgan fingerprint density at radius 3 is 2.74 bits per heavy atom. The highest BCUT2D eigenvalue weighted by Gasteiger charge is 2.07. The van der Waals surface area contributed by atoms with Crippen LogP contribution in [-0.2, 0) is 0 Å². The minimum atomic E-state index is -0.311. The molecule has 1 aromatic carbocycles. The number of H-pyrrole nitrogens is 1. The van der Waals surface area contributed by atoms with E-state index in [1.54, 1.807) is 43.5 Å². The highest BCUT2D eigenvalue weighted by atomic mass is 35.5. The molecule has 6 heteroatoms. The predicted octanol–water partition coefficient (Wildman–Crippen LogP) is 3.48. The lowest BCUT2D eigenvalue weighted by molar-refractivity contribution is 0.0950. The first-order chi connectivity index (χ1) is 9.08. The van der Waals surface area contributed by atoms with Gasteiger partial charge < -0.3 is 4.98 Å². The Morgan fingerprint density at radius 1 is 1.32 bits per heavy atom. The number of benzene rings is 1. The molecule has 0 fully saturated rings. The van der Waals surface area contributed by atoms with Crippen LogP contribution in [0.15, 0.2) is 41.6 Å². The Labute approximate surface area is 120 Å². The fourth-order valence-electron chi connectivity index (χ4n) is 1.51. The van der Waals surface area contributed by atoms with Crippen LogP contribution in [0.1, 0.15) is 23.0 Å². The Balaban J connectivity index is 2.13. The van der Waals surface area contributed by atoms with Crippen molar-refractivity contribution in [3.63, 3.8) is 0 Å². The standard InChI is InChI=1S/C13H11Cl2N3O/c1-8(10-5-4-9(14)7-11(10)15)17-18-13(19)12-3-2-6-16-12/h2-7,16H,1H3,(H,18,19)/b17-8-. The number of nitrogens with zero attached hydrogens (tertiary/aromatic N) is 1. The molecular formula is C13H11Cl2N3O. The summed E-state index contributed by atoms with van der Waals surface area (Å²) in [6.45, 7) is 1.75. The summed E-state index contributed by atoms with van der Waals surface area (Å²) in [5.74, 6) is -0.311. The lowest BCUT2D eigenvalue weighted by Crippen LogP contribution is -2.19. The second kappa shape index (κ2) is 5.91. The topological polar surface area (TPSA) is 57.2 Å². The van der Waals surface area contributed by atoms with E-state index < -0.39 is 0 Å². The number of carbonyl (C=O) groups is 1. The van der Waals surface area contributed by atoms with Gasteiger partial charge in [-0.1, -0.05) is 29.3 Å². The summed E-state index contributed by atoms with van der Waals surface area (Å²) >= 11 is 11.9. The maximum absolute atomic E-state index is 11.7. The van der Waals surface area contributed by atoms with E-state index in [0.29, 0.717) is 21.5 Å². The summed E-state index contributed by atoms with van der Waals surface area (Å²) in [5, 5.41) is 5.05. The predicted molar refractivity (Wildman–Crippen MR) is 76.9 cm³/mol. The summed E-state index contributed by atoms with van der Waals surface area (Å²) in [4.78, 5) is 14.5. The summed E-state index contributed by atoms with van der Waals surface area (Å²) in [6, 6.07) is 8.50. The van der Waals surface area contributed by atoms with E-state index in [2.05, 4.69) is 15.5 Å². The van der Waals surface area contributed by atoms with Crippen LogP contribution in [0.2, 0.25) is 10.0 Å². The summed E-state index contributed by atoms with van der Waals surface area (Å²) in [5.41, 5.74) is 4.21. The average molecular weight is 296 g/mol. The van der Waals surface area contributed by atoms with E-state index in [4.69, 9.17) is 23.2 Å². The molecule has 0 aliphatic carbocycles. The van der Waals surface area contributed by atoms with E-state index >= 15 is 0 Å². The van der Waals surface area contributed by atoms with Crippen molar-refractivity contribution in [2.45, 2.75) is 6.92 Å². The van der Waals surface area contributed by atoms with Crippen LogP contribution < -0.4 is 5.43 Å². The minimum absolute atomic E-state index is 0.311. The van der Waals surface area contributed by atoms with Gasteiger partial charge in [0.2, 0.25) is 0 Å². The van der Waals surface area contributed by atoms with Gasteiger partial charge in [0.15, 0.2) is 0 Å². The lowest BCUT2D eigenvalue weighted by Gasteiger charge is -2.04. The normalized spacial score (nSPS) is 11.4. The van der Waals surface area contributed by atoms with Crippen molar-refractivity contribution in [3.8, 4) is 0 Å². The Hall–Kier alpha value is -1.78. The largest absolute Gasteiger partial charge is 0.357 e. The fourth-order valence-corrected chi connectivity index (χ4v) is 2.05. The quantitative estimate of drug-likeness (QED) is 0.661. The van der Waals surface area contributed by atoms with E-state index in [1.165, 1.54) is 0 Å². The molecule has 0 atom stereocenters. The second-order valence-electron chi connectivity index (χ2n) is 3.85. The number of hydrogen-bond donors (Lipinski definition) is 2. The van der Waals surface area contributed by atoms with Gasteiger partial charge in [-0.3, -0.25) is 4.79 Å². The molecule has 2 rings (SSSR count). The first kappa shape index (κ1) is 13.6. The van der Waals surface area contributed by atoms with Crippen molar-refractivity contribution in [1.29, 1.82) is 0 Å².